The maximum atomic E-state index is 12.2. The number of carbonyl (C=O) groups is 2. The van der Waals surface area contributed by atoms with E-state index in [1.165, 1.54) is 6.07 Å². The maximum absolute atomic E-state index is 12.2. The number of halogens is 1. The van der Waals surface area contributed by atoms with Crippen molar-refractivity contribution in [1.29, 1.82) is 0 Å². The van der Waals surface area contributed by atoms with Gasteiger partial charge in [0.1, 0.15) is 11.5 Å². The molecule has 158 valence electrons. The van der Waals surface area contributed by atoms with E-state index in [0.29, 0.717) is 17.9 Å². The van der Waals surface area contributed by atoms with Crippen molar-refractivity contribution >= 4 is 37.6 Å². The van der Waals surface area contributed by atoms with Crippen molar-refractivity contribution in [2.24, 2.45) is 0 Å². The van der Waals surface area contributed by atoms with Crippen LogP contribution in [0.2, 0.25) is 0 Å². The Morgan fingerprint density at radius 3 is 2.48 bits per heavy atom. The lowest BCUT2D eigenvalue weighted by Gasteiger charge is -2.15. The molecule has 0 bridgehead atoms. The molecule has 2 aromatic rings. The second-order valence-corrected chi connectivity index (χ2v) is 9.37. The van der Waals surface area contributed by atoms with Gasteiger partial charge in [-0.3, -0.25) is 25.3 Å². The first-order chi connectivity index (χ1) is 13.7. The molecule has 0 fully saturated rings. The van der Waals surface area contributed by atoms with E-state index < -0.39 is 27.4 Å². The SMILES string of the molecule is CCN(CC)Cc1ccc(C(=O)NNC(=O)CS(=O)(=O)Cc2cccc(Br)c2)o1. The van der Waals surface area contributed by atoms with E-state index in [1.807, 2.05) is 13.8 Å². The quantitative estimate of drug-likeness (QED) is 0.527. The number of hydrazine groups is 1. The minimum atomic E-state index is -3.69. The number of nitrogens with one attached hydrogen (secondary N) is 2. The van der Waals surface area contributed by atoms with Crippen LogP contribution in [0.3, 0.4) is 0 Å². The van der Waals surface area contributed by atoms with Crippen molar-refractivity contribution in [2.45, 2.75) is 26.1 Å². The molecule has 0 aliphatic carbocycles. The smallest absolute Gasteiger partial charge is 0.305 e. The van der Waals surface area contributed by atoms with Crippen LogP contribution in [-0.4, -0.2) is 44.0 Å². The molecule has 0 unspecified atom stereocenters. The molecule has 10 heteroatoms. The van der Waals surface area contributed by atoms with Gasteiger partial charge in [-0.05, 0) is 42.9 Å². The van der Waals surface area contributed by atoms with Crippen LogP contribution in [0.1, 0.15) is 35.7 Å². The highest BCUT2D eigenvalue weighted by molar-refractivity contribution is 9.10. The Hall–Kier alpha value is -2.17. The van der Waals surface area contributed by atoms with Crippen LogP contribution >= 0.6 is 15.9 Å². The second-order valence-electron chi connectivity index (χ2n) is 6.39. The molecule has 8 nitrogen and oxygen atoms in total. The third-order valence-electron chi connectivity index (χ3n) is 4.10. The fourth-order valence-electron chi connectivity index (χ4n) is 2.61. The van der Waals surface area contributed by atoms with Gasteiger partial charge in [-0.25, -0.2) is 8.42 Å². The molecule has 29 heavy (non-hydrogen) atoms. The minimum absolute atomic E-state index is 0.0319. The van der Waals surface area contributed by atoms with E-state index in [9.17, 15) is 18.0 Å². The summed E-state index contributed by atoms with van der Waals surface area (Å²) in [6, 6.07) is 10.0. The average Bonchev–Trinajstić information content (AvgIpc) is 3.12. The molecule has 0 aliphatic heterocycles. The van der Waals surface area contributed by atoms with Gasteiger partial charge >= 0.3 is 5.91 Å². The van der Waals surface area contributed by atoms with Gasteiger partial charge in [0.2, 0.25) is 0 Å². The number of benzene rings is 1. The summed E-state index contributed by atoms with van der Waals surface area (Å²) >= 11 is 3.27. The van der Waals surface area contributed by atoms with Crippen LogP contribution in [0.15, 0.2) is 45.3 Å². The molecule has 1 aromatic heterocycles. The first-order valence-corrected chi connectivity index (χ1v) is 11.7. The maximum Gasteiger partial charge on any atom is 0.305 e. The zero-order valence-electron chi connectivity index (χ0n) is 16.3. The summed E-state index contributed by atoms with van der Waals surface area (Å²) in [5, 5.41) is 0. The topological polar surface area (TPSA) is 109 Å². The minimum Gasteiger partial charge on any atom is -0.454 e. The van der Waals surface area contributed by atoms with Crippen LogP contribution in [0, 0.1) is 0 Å². The van der Waals surface area contributed by atoms with Crippen molar-refractivity contribution in [3.8, 4) is 0 Å². The fraction of sp³-hybridized carbons (Fsp3) is 0.368. The van der Waals surface area contributed by atoms with Gasteiger partial charge in [0.15, 0.2) is 15.6 Å². The van der Waals surface area contributed by atoms with Crippen molar-refractivity contribution in [3.63, 3.8) is 0 Å². The molecule has 1 heterocycles. The first kappa shape index (κ1) is 23.1. The van der Waals surface area contributed by atoms with Gasteiger partial charge in [0, 0.05) is 4.47 Å². The summed E-state index contributed by atoms with van der Waals surface area (Å²) in [6.45, 7) is 6.33. The number of carbonyl (C=O) groups excluding carboxylic acids is 2. The zero-order chi connectivity index (χ0) is 21.4. The summed E-state index contributed by atoms with van der Waals surface area (Å²) in [5.41, 5.74) is 4.84. The van der Waals surface area contributed by atoms with Crippen molar-refractivity contribution in [3.05, 3.63) is 58.0 Å². The largest absolute Gasteiger partial charge is 0.454 e. The highest BCUT2D eigenvalue weighted by Gasteiger charge is 2.19. The van der Waals surface area contributed by atoms with Gasteiger partial charge in [0.05, 0.1) is 12.3 Å². The number of rotatable bonds is 9. The van der Waals surface area contributed by atoms with E-state index >= 15 is 0 Å². The van der Waals surface area contributed by atoms with Crippen molar-refractivity contribution in [2.75, 3.05) is 18.8 Å². The Bertz CT molecular complexity index is 954. The fourth-order valence-corrected chi connectivity index (χ4v) is 4.32. The van der Waals surface area contributed by atoms with Gasteiger partial charge in [-0.15, -0.1) is 0 Å². The Kier molecular flexibility index (Phi) is 8.42. The molecule has 0 saturated carbocycles. The van der Waals surface area contributed by atoms with E-state index in [1.54, 1.807) is 30.3 Å². The molecule has 0 radical (unpaired) electrons. The molecule has 2 rings (SSSR count). The first-order valence-electron chi connectivity index (χ1n) is 9.07. The average molecular weight is 486 g/mol. The molecule has 1 aromatic carbocycles. The molecular weight excluding hydrogens is 462 g/mol. The van der Waals surface area contributed by atoms with E-state index in [0.717, 1.165) is 17.6 Å². The molecule has 0 aliphatic rings. The third-order valence-corrected chi connectivity index (χ3v) is 6.07. The summed E-state index contributed by atoms with van der Waals surface area (Å²) in [6.07, 6.45) is 0. The Labute approximate surface area is 178 Å². The van der Waals surface area contributed by atoms with Crippen LogP contribution in [0.5, 0.6) is 0 Å². The Morgan fingerprint density at radius 1 is 1.10 bits per heavy atom. The van der Waals surface area contributed by atoms with Gasteiger partial charge in [-0.2, -0.15) is 0 Å². The van der Waals surface area contributed by atoms with Gasteiger partial charge < -0.3 is 4.42 Å². The van der Waals surface area contributed by atoms with Crippen molar-refractivity contribution in [1.82, 2.24) is 15.8 Å². The van der Waals surface area contributed by atoms with Crippen LogP contribution in [-0.2, 0) is 26.9 Å². The standard InChI is InChI=1S/C19H24BrN3O5S/c1-3-23(4-2)11-16-8-9-17(28-16)19(25)22-21-18(24)13-29(26,27)12-14-6-5-7-15(20)10-14/h5-10H,3-4,11-13H2,1-2H3,(H,21,24)(H,22,25). The summed E-state index contributed by atoms with van der Waals surface area (Å²) in [5.74, 6) is -1.85. The molecule has 2 N–H and O–H groups in total. The Morgan fingerprint density at radius 2 is 1.83 bits per heavy atom. The van der Waals surface area contributed by atoms with Crippen LogP contribution < -0.4 is 10.9 Å². The highest BCUT2D eigenvalue weighted by Crippen LogP contribution is 2.14. The number of sulfone groups is 1. The Balaban J connectivity index is 1.85. The lowest BCUT2D eigenvalue weighted by Crippen LogP contribution is -2.44. The lowest BCUT2D eigenvalue weighted by atomic mass is 10.2. The van der Waals surface area contributed by atoms with E-state index in [4.69, 9.17) is 4.42 Å². The number of hydrogen-bond acceptors (Lipinski definition) is 6. The summed E-state index contributed by atoms with van der Waals surface area (Å²) in [7, 11) is -3.69. The van der Waals surface area contributed by atoms with E-state index in [-0.39, 0.29) is 11.5 Å². The summed E-state index contributed by atoms with van der Waals surface area (Å²) in [4.78, 5) is 26.1. The number of hydrogen-bond donors (Lipinski definition) is 2. The molecule has 0 saturated heterocycles. The molecule has 0 atom stereocenters. The number of amides is 2. The third kappa shape index (κ3) is 7.64. The predicted molar refractivity (Wildman–Crippen MR) is 113 cm³/mol. The van der Waals surface area contributed by atoms with Gasteiger partial charge in [-0.1, -0.05) is 41.9 Å². The molecule has 0 spiro atoms. The number of nitrogens with zero attached hydrogens (tertiary/aromatic N) is 1. The van der Waals surface area contributed by atoms with Crippen LogP contribution in [0.4, 0.5) is 0 Å². The van der Waals surface area contributed by atoms with Crippen molar-refractivity contribution < 1.29 is 22.4 Å². The monoisotopic (exact) mass is 485 g/mol. The lowest BCUT2D eigenvalue weighted by molar-refractivity contribution is -0.119. The molecular formula is C19H24BrN3O5S. The van der Waals surface area contributed by atoms with Gasteiger partial charge in [0.25, 0.3) is 5.91 Å². The zero-order valence-corrected chi connectivity index (χ0v) is 18.7. The highest BCUT2D eigenvalue weighted by atomic mass is 79.9. The summed E-state index contributed by atoms with van der Waals surface area (Å²) < 4.78 is 30.6. The molecule has 2 amide bonds. The second kappa shape index (κ2) is 10.6. The van der Waals surface area contributed by atoms with E-state index in [2.05, 4.69) is 31.7 Å². The normalized spacial score (nSPS) is 11.4. The van der Waals surface area contributed by atoms with Crippen LogP contribution in [0.25, 0.3) is 0 Å². The predicted octanol–water partition coefficient (Wildman–Crippen LogP) is 2.26. The number of furan rings is 1.